The lowest BCUT2D eigenvalue weighted by atomic mass is 9.76. The maximum absolute atomic E-state index is 12.9. The predicted molar refractivity (Wildman–Crippen MR) is 96.6 cm³/mol. The van der Waals surface area contributed by atoms with Gasteiger partial charge in [0.1, 0.15) is 11.7 Å². The Kier molecular flexibility index (Phi) is 4.74. The summed E-state index contributed by atoms with van der Waals surface area (Å²) < 4.78 is 5.42. The topological polar surface area (TPSA) is 83.3 Å². The number of carbonyl (C=O) groups is 1. The third kappa shape index (κ3) is 3.37. The maximum atomic E-state index is 12.9. The molecule has 1 saturated carbocycles. The second-order valence-electron chi connectivity index (χ2n) is 7.57. The van der Waals surface area contributed by atoms with Crippen LogP contribution >= 0.6 is 0 Å². The molecule has 1 aliphatic heterocycles. The van der Waals surface area contributed by atoms with Crippen molar-refractivity contribution in [1.82, 2.24) is 25.9 Å². The molecule has 2 N–H and O–H groups in total. The molecular weight excluding hydrogens is 330 g/mol. The van der Waals surface area contributed by atoms with Crippen molar-refractivity contribution in [1.29, 1.82) is 0 Å². The number of amides is 1. The Bertz CT molecular complexity index is 762. The van der Waals surface area contributed by atoms with Gasteiger partial charge < -0.3 is 9.42 Å². The largest absolute Gasteiger partial charge is 0.359 e. The van der Waals surface area contributed by atoms with E-state index in [1.54, 1.807) is 17.3 Å². The average Bonchev–Trinajstić information content (AvgIpc) is 3.28. The first-order valence-corrected chi connectivity index (χ1v) is 9.24. The Morgan fingerprint density at radius 2 is 2.27 bits per heavy atom. The van der Waals surface area contributed by atoms with Crippen molar-refractivity contribution >= 4 is 5.91 Å². The summed E-state index contributed by atoms with van der Waals surface area (Å²) in [5.74, 6) is 1.79. The van der Waals surface area contributed by atoms with Gasteiger partial charge in [-0.15, -0.1) is 0 Å². The molecule has 7 nitrogen and oxygen atoms in total. The number of fused-ring (bicyclic) bond motifs is 1. The van der Waals surface area contributed by atoms with Crippen LogP contribution in [0, 0.1) is 11.8 Å². The smallest absolute Gasteiger partial charge is 0.241 e. The normalized spacial score (nSPS) is 27.9. The van der Waals surface area contributed by atoms with Crippen molar-refractivity contribution < 1.29 is 9.32 Å². The van der Waals surface area contributed by atoms with Crippen LogP contribution in [-0.2, 0) is 11.3 Å². The molecule has 26 heavy (non-hydrogen) atoms. The van der Waals surface area contributed by atoms with E-state index >= 15 is 0 Å². The minimum absolute atomic E-state index is 0.0958. The fourth-order valence-corrected chi connectivity index (χ4v) is 4.11. The number of nitrogens with one attached hydrogen (secondary N) is 2. The van der Waals surface area contributed by atoms with E-state index < -0.39 is 0 Å². The summed E-state index contributed by atoms with van der Waals surface area (Å²) in [6.07, 6.45) is 6.90. The highest BCUT2D eigenvalue weighted by Crippen LogP contribution is 2.34. The Hall–Kier alpha value is -2.25. The molecular formula is C19H25N5O2. The molecule has 2 aromatic rings. The van der Waals surface area contributed by atoms with Gasteiger partial charge in [0.25, 0.3) is 0 Å². The summed E-state index contributed by atoms with van der Waals surface area (Å²) in [6.45, 7) is 2.67. The van der Waals surface area contributed by atoms with Gasteiger partial charge in [-0.2, -0.15) is 0 Å². The lowest BCUT2D eigenvalue weighted by molar-refractivity contribution is -0.133. The number of aromatic nitrogens is 2. The molecule has 4 unspecified atom stereocenters. The molecule has 138 valence electrons. The number of hydrogen-bond donors (Lipinski definition) is 2. The molecule has 2 aliphatic rings. The van der Waals surface area contributed by atoms with Crippen LogP contribution in [0.3, 0.4) is 0 Å². The van der Waals surface area contributed by atoms with Crippen LogP contribution in [0.25, 0.3) is 11.3 Å². The molecule has 2 aromatic heterocycles. The van der Waals surface area contributed by atoms with Gasteiger partial charge in [0.05, 0.1) is 6.54 Å². The van der Waals surface area contributed by atoms with E-state index in [1.807, 2.05) is 25.2 Å². The summed E-state index contributed by atoms with van der Waals surface area (Å²) in [5.41, 5.74) is 8.17. The standard InChI is InChI=1S/C19H25N5O2/c1-12-5-6-16-15(8-12)18(22-21-16)19(25)24(2)11-14-9-17(23-26-14)13-4-3-7-20-10-13/h3-4,7,9-10,12,15-16,18,21-22H,5-6,8,11H2,1-2H3. The summed E-state index contributed by atoms with van der Waals surface area (Å²) in [4.78, 5) is 18.8. The number of hydrazine groups is 1. The lowest BCUT2D eigenvalue weighted by Gasteiger charge is -2.32. The fraction of sp³-hybridized carbons (Fsp3) is 0.526. The van der Waals surface area contributed by atoms with Gasteiger partial charge in [-0.1, -0.05) is 12.1 Å². The second-order valence-corrected chi connectivity index (χ2v) is 7.57. The fourth-order valence-electron chi connectivity index (χ4n) is 4.11. The molecule has 0 aromatic carbocycles. The van der Waals surface area contributed by atoms with Gasteiger partial charge in [0.15, 0.2) is 5.76 Å². The van der Waals surface area contributed by atoms with Crippen LogP contribution in [0.5, 0.6) is 0 Å². The van der Waals surface area contributed by atoms with Crippen LogP contribution in [0.4, 0.5) is 0 Å². The molecule has 7 heteroatoms. The first-order chi connectivity index (χ1) is 12.6. The van der Waals surface area contributed by atoms with Gasteiger partial charge in [-0.05, 0) is 37.3 Å². The third-order valence-corrected chi connectivity index (χ3v) is 5.57. The number of nitrogens with zero attached hydrogens (tertiary/aromatic N) is 3. The van der Waals surface area contributed by atoms with Crippen molar-refractivity contribution in [3.8, 4) is 11.3 Å². The summed E-state index contributed by atoms with van der Waals surface area (Å²) in [5, 5.41) is 4.09. The molecule has 0 radical (unpaired) electrons. The number of rotatable bonds is 4. The van der Waals surface area contributed by atoms with Crippen molar-refractivity contribution in [2.24, 2.45) is 11.8 Å². The number of hydrogen-bond acceptors (Lipinski definition) is 6. The van der Waals surface area contributed by atoms with Gasteiger partial charge >= 0.3 is 0 Å². The first-order valence-electron chi connectivity index (χ1n) is 9.24. The summed E-state index contributed by atoms with van der Waals surface area (Å²) in [6, 6.07) is 5.89. The zero-order valence-electron chi connectivity index (χ0n) is 15.2. The van der Waals surface area contributed by atoms with Crippen molar-refractivity contribution in [2.75, 3.05) is 7.05 Å². The van der Waals surface area contributed by atoms with Gasteiger partial charge in [-0.3, -0.25) is 15.2 Å². The van der Waals surface area contributed by atoms with E-state index in [0.717, 1.165) is 24.1 Å². The highest BCUT2D eigenvalue weighted by Gasteiger charge is 2.43. The molecule has 1 amide bonds. The minimum atomic E-state index is -0.173. The van der Waals surface area contributed by atoms with Crippen LogP contribution in [0.1, 0.15) is 31.9 Å². The summed E-state index contributed by atoms with van der Waals surface area (Å²) >= 11 is 0. The predicted octanol–water partition coefficient (Wildman–Crippen LogP) is 1.98. The highest BCUT2D eigenvalue weighted by atomic mass is 16.5. The van der Waals surface area contributed by atoms with Crippen LogP contribution in [0.2, 0.25) is 0 Å². The Labute approximate surface area is 153 Å². The van der Waals surface area contributed by atoms with Gasteiger partial charge in [0, 0.05) is 43.0 Å². The van der Waals surface area contributed by atoms with Crippen molar-refractivity contribution in [2.45, 2.75) is 44.8 Å². The molecule has 2 fully saturated rings. The molecule has 3 heterocycles. The molecule has 1 saturated heterocycles. The van der Waals surface area contributed by atoms with E-state index in [1.165, 1.54) is 6.42 Å². The zero-order chi connectivity index (χ0) is 18.1. The van der Waals surface area contributed by atoms with Crippen molar-refractivity contribution in [3.63, 3.8) is 0 Å². The number of pyridine rings is 1. The zero-order valence-corrected chi connectivity index (χ0v) is 15.2. The highest BCUT2D eigenvalue weighted by molar-refractivity contribution is 5.82. The van der Waals surface area contributed by atoms with E-state index in [4.69, 9.17) is 4.52 Å². The first kappa shape index (κ1) is 17.2. The third-order valence-electron chi connectivity index (χ3n) is 5.57. The lowest BCUT2D eigenvalue weighted by Crippen LogP contribution is -2.46. The SMILES string of the molecule is CC1CCC2NNC(C(=O)N(C)Cc3cc(-c4cccnc4)no3)C2C1. The second kappa shape index (κ2) is 7.17. The maximum Gasteiger partial charge on any atom is 0.241 e. The monoisotopic (exact) mass is 355 g/mol. The van der Waals surface area contributed by atoms with Crippen LogP contribution in [-0.4, -0.2) is 40.1 Å². The Morgan fingerprint density at radius 3 is 3.08 bits per heavy atom. The van der Waals surface area contributed by atoms with E-state index in [2.05, 4.69) is 27.9 Å². The molecule has 1 aliphatic carbocycles. The minimum Gasteiger partial charge on any atom is -0.359 e. The van der Waals surface area contributed by atoms with Gasteiger partial charge in [-0.25, -0.2) is 5.43 Å². The van der Waals surface area contributed by atoms with Crippen molar-refractivity contribution in [3.05, 3.63) is 36.4 Å². The van der Waals surface area contributed by atoms with E-state index in [9.17, 15) is 4.79 Å². The molecule has 4 rings (SSSR count). The van der Waals surface area contributed by atoms with Crippen LogP contribution in [0.15, 0.2) is 35.1 Å². The molecule has 4 atom stereocenters. The van der Waals surface area contributed by atoms with Crippen LogP contribution < -0.4 is 10.9 Å². The molecule has 0 bridgehead atoms. The van der Waals surface area contributed by atoms with E-state index in [0.29, 0.717) is 30.2 Å². The number of likely N-dealkylation sites (N-methyl/N-ethyl adjacent to an activating group) is 1. The molecule has 0 spiro atoms. The average molecular weight is 355 g/mol. The Balaban J connectivity index is 1.41. The number of carbonyl (C=O) groups excluding carboxylic acids is 1. The Morgan fingerprint density at radius 1 is 1.38 bits per heavy atom. The quantitative estimate of drug-likeness (QED) is 0.873. The summed E-state index contributed by atoms with van der Waals surface area (Å²) in [7, 11) is 1.82. The van der Waals surface area contributed by atoms with Gasteiger partial charge in [0.2, 0.25) is 5.91 Å². The van der Waals surface area contributed by atoms with E-state index in [-0.39, 0.29) is 11.9 Å².